The number of thioether (sulfide) groups is 1. The summed E-state index contributed by atoms with van der Waals surface area (Å²) in [5, 5.41) is 4.95. The Morgan fingerprint density at radius 3 is 2.90 bits per heavy atom. The second-order valence-corrected chi connectivity index (χ2v) is 5.20. The number of hydrogen-bond acceptors (Lipinski definition) is 7. The summed E-state index contributed by atoms with van der Waals surface area (Å²) in [7, 11) is 0. The minimum atomic E-state index is -0.464. The van der Waals surface area contributed by atoms with Gasteiger partial charge in [-0.1, -0.05) is 6.92 Å². The topological polar surface area (TPSA) is 95.9 Å². The maximum absolute atomic E-state index is 12.1. The molecule has 112 valence electrons. The average Bonchev–Trinajstić information content (AvgIpc) is 2.83. The van der Waals surface area contributed by atoms with Crippen LogP contribution in [0.3, 0.4) is 0 Å². The van der Waals surface area contributed by atoms with E-state index in [9.17, 15) is 4.79 Å². The molecule has 0 saturated heterocycles. The van der Waals surface area contributed by atoms with E-state index in [2.05, 4.69) is 22.0 Å². The van der Waals surface area contributed by atoms with Crippen LogP contribution in [0.4, 0.5) is 5.82 Å². The molecule has 0 aliphatic carbocycles. The number of anilines is 1. The summed E-state index contributed by atoms with van der Waals surface area (Å²) in [6.07, 6.45) is 3.96. The summed E-state index contributed by atoms with van der Waals surface area (Å²) >= 11 is 1.47. The van der Waals surface area contributed by atoms with E-state index < -0.39 is 5.97 Å². The van der Waals surface area contributed by atoms with Crippen LogP contribution in [0, 0.1) is 0 Å². The minimum Gasteiger partial charge on any atom is -0.462 e. The highest BCUT2D eigenvalue weighted by Crippen LogP contribution is 2.29. The van der Waals surface area contributed by atoms with Crippen molar-refractivity contribution in [3.05, 3.63) is 24.2 Å². The van der Waals surface area contributed by atoms with E-state index in [1.807, 2.05) is 0 Å². The van der Waals surface area contributed by atoms with Crippen LogP contribution in [0.2, 0.25) is 0 Å². The second-order valence-electron chi connectivity index (χ2n) is 4.11. The van der Waals surface area contributed by atoms with Crippen LogP contribution in [0.5, 0.6) is 0 Å². The molecular weight excluding hydrogens is 290 g/mol. The number of carbonyl (C=O) groups is 1. The van der Waals surface area contributed by atoms with Crippen LogP contribution in [0.25, 0.3) is 5.82 Å². The van der Waals surface area contributed by atoms with E-state index >= 15 is 0 Å². The summed E-state index contributed by atoms with van der Waals surface area (Å²) in [5.74, 6) is 1.11. The highest BCUT2D eigenvalue weighted by atomic mass is 32.2. The number of aromatic nitrogens is 4. The van der Waals surface area contributed by atoms with E-state index in [-0.39, 0.29) is 12.4 Å². The largest absolute Gasteiger partial charge is 0.462 e. The lowest BCUT2D eigenvalue weighted by atomic mass is 10.3. The van der Waals surface area contributed by atoms with Crippen molar-refractivity contribution >= 4 is 23.5 Å². The number of carbonyl (C=O) groups excluding carboxylic acids is 1. The second kappa shape index (κ2) is 7.07. The van der Waals surface area contributed by atoms with Crippen molar-refractivity contribution in [3.63, 3.8) is 0 Å². The van der Waals surface area contributed by atoms with Gasteiger partial charge in [-0.15, -0.1) is 11.8 Å². The van der Waals surface area contributed by atoms with Gasteiger partial charge in [-0.05, 0) is 19.1 Å². The summed E-state index contributed by atoms with van der Waals surface area (Å²) in [6, 6.07) is 1.67. The first-order valence-electron chi connectivity index (χ1n) is 6.63. The van der Waals surface area contributed by atoms with E-state index in [0.29, 0.717) is 16.4 Å². The number of hydrogen-bond donors (Lipinski definition) is 1. The number of esters is 1. The van der Waals surface area contributed by atoms with Crippen molar-refractivity contribution in [2.75, 3.05) is 18.1 Å². The Balaban J connectivity index is 2.46. The SMILES string of the molecule is CCCSc1nn(-c2ccncn2)c(N)c1C(=O)OCC. The molecule has 2 rings (SSSR count). The molecule has 0 bridgehead atoms. The van der Waals surface area contributed by atoms with Crippen molar-refractivity contribution in [1.29, 1.82) is 0 Å². The van der Waals surface area contributed by atoms with Gasteiger partial charge in [0.05, 0.1) is 6.61 Å². The summed E-state index contributed by atoms with van der Waals surface area (Å²) in [4.78, 5) is 20.0. The van der Waals surface area contributed by atoms with Crippen LogP contribution >= 0.6 is 11.8 Å². The van der Waals surface area contributed by atoms with Gasteiger partial charge in [-0.3, -0.25) is 0 Å². The molecule has 7 nitrogen and oxygen atoms in total. The van der Waals surface area contributed by atoms with Crippen LogP contribution in [-0.2, 0) is 4.74 Å². The molecule has 0 atom stereocenters. The fourth-order valence-electron chi connectivity index (χ4n) is 1.69. The lowest BCUT2D eigenvalue weighted by Gasteiger charge is -2.03. The van der Waals surface area contributed by atoms with Gasteiger partial charge in [0.1, 0.15) is 22.7 Å². The zero-order valence-corrected chi connectivity index (χ0v) is 12.8. The van der Waals surface area contributed by atoms with Gasteiger partial charge >= 0.3 is 5.97 Å². The summed E-state index contributed by atoms with van der Waals surface area (Å²) in [5.41, 5.74) is 6.36. The molecule has 0 spiro atoms. The van der Waals surface area contributed by atoms with E-state index in [1.54, 1.807) is 19.2 Å². The first-order chi connectivity index (χ1) is 10.2. The molecule has 0 aliphatic heterocycles. The van der Waals surface area contributed by atoms with E-state index in [0.717, 1.165) is 12.2 Å². The van der Waals surface area contributed by atoms with Crippen molar-refractivity contribution in [2.24, 2.45) is 0 Å². The molecule has 0 aliphatic rings. The van der Waals surface area contributed by atoms with Crippen LogP contribution in [-0.4, -0.2) is 38.1 Å². The standard InChI is InChI=1S/C13H17N5O2S/c1-3-7-21-12-10(13(19)20-4-2)11(14)18(17-12)9-5-6-15-8-16-9/h5-6,8H,3-4,7,14H2,1-2H3. The molecule has 0 amide bonds. The first kappa shape index (κ1) is 15.3. The smallest absolute Gasteiger partial charge is 0.344 e. The third-order valence-corrected chi connectivity index (χ3v) is 3.77. The number of nitrogens with zero attached hydrogens (tertiary/aromatic N) is 4. The fourth-order valence-corrected chi connectivity index (χ4v) is 2.56. The van der Waals surface area contributed by atoms with Crippen molar-refractivity contribution in [1.82, 2.24) is 19.7 Å². The first-order valence-corrected chi connectivity index (χ1v) is 7.62. The molecule has 8 heteroatoms. The number of nitrogen functional groups attached to an aromatic ring is 1. The molecule has 2 aromatic heterocycles. The zero-order chi connectivity index (χ0) is 15.2. The molecule has 2 heterocycles. The van der Waals surface area contributed by atoms with E-state index in [1.165, 1.54) is 22.8 Å². The molecule has 0 radical (unpaired) electrons. The Hall–Kier alpha value is -2.09. The Bertz CT molecular complexity index is 615. The van der Waals surface area contributed by atoms with Crippen LogP contribution in [0.15, 0.2) is 23.6 Å². The maximum Gasteiger partial charge on any atom is 0.344 e. The summed E-state index contributed by atoms with van der Waals surface area (Å²) < 4.78 is 6.50. The Morgan fingerprint density at radius 1 is 1.48 bits per heavy atom. The van der Waals surface area contributed by atoms with Crippen molar-refractivity contribution in [3.8, 4) is 5.82 Å². The zero-order valence-electron chi connectivity index (χ0n) is 11.9. The molecule has 0 saturated carbocycles. The lowest BCUT2D eigenvalue weighted by Crippen LogP contribution is -2.10. The molecule has 2 N–H and O–H groups in total. The number of nitrogens with two attached hydrogens (primary N) is 1. The van der Waals surface area contributed by atoms with Gasteiger partial charge in [0.2, 0.25) is 0 Å². The average molecular weight is 307 g/mol. The van der Waals surface area contributed by atoms with Gasteiger partial charge in [-0.25, -0.2) is 14.8 Å². The highest BCUT2D eigenvalue weighted by molar-refractivity contribution is 7.99. The molecule has 21 heavy (non-hydrogen) atoms. The lowest BCUT2D eigenvalue weighted by molar-refractivity contribution is 0.0523. The van der Waals surface area contributed by atoms with E-state index in [4.69, 9.17) is 10.5 Å². The Morgan fingerprint density at radius 2 is 2.29 bits per heavy atom. The molecule has 0 fully saturated rings. The third-order valence-electron chi connectivity index (χ3n) is 2.59. The molecular formula is C13H17N5O2S. The van der Waals surface area contributed by atoms with Gasteiger partial charge in [-0.2, -0.15) is 9.78 Å². The maximum atomic E-state index is 12.1. The predicted octanol–water partition coefficient (Wildman–Crippen LogP) is 1.92. The minimum absolute atomic E-state index is 0.228. The quantitative estimate of drug-likeness (QED) is 0.643. The number of ether oxygens (including phenoxy) is 1. The Labute approximate surface area is 126 Å². The Kier molecular flexibility index (Phi) is 5.15. The predicted molar refractivity (Wildman–Crippen MR) is 80.5 cm³/mol. The van der Waals surface area contributed by atoms with Gasteiger partial charge in [0, 0.05) is 12.3 Å². The van der Waals surface area contributed by atoms with Gasteiger partial charge in [0.25, 0.3) is 0 Å². The van der Waals surface area contributed by atoms with Crippen LogP contribution in [0.1, 0.15) is 30.6 Å². The monoisotopic (exact) mass is 307 g/mol. The van der Waals surface area contributed by atoms with Crippen molar-refractivity contribution in [2.45, 2.75) is 25.3 Å². The fraction of sp³-hybridized carbons (Fsp3) is 0.385. The summed E-state index contributed by atoms with van der Waals surface area (Å²) in [6.45, 7) is 4.10. The van der Waals surface area contributed by atoms with Gasteiger partial charge in [0.15, 0.2) is 5.82 Å². The normalized spacial score (nSPS) is 10.6. The highest BCUT2D eigenvalue weighted by Gasteiger charge is 2.24. The molecule has 2 aromatic rings. The molecule has 0 aromatic carbocycles. The van der Waals surface area contributed by atoms with Crippen LogP contribution < -0.4 is 5.73 Å². The third kappa shape index (κ3) is 3.33. The van der Waals surface area contributed by atoms with Crippen molar-refractivity contribution < 1.29 is 9.53 Å². The van der Waals surface area contributed by atoms with Gasteiger partial charge < -0.3 is 10.5 Å². The molecule has 0 unspecified atom stereocenters. The number of rotatable bonds is 6.